The minimum absolute atomic E-state index is 0.241. The van der Waals surface area contributed by atoms with Gasteiger partial charge < -0.3 is 9.52 Å². The van der Waals surface area contributed by atoms with Crippen LogP contribution in [0.2, 0.25) is 0 Å². The Balaban J connectivity index is 2.20. The lowest BCUT2D eigenvalue weighted by Crippen LogP contribution is -2.52. The van der Waals surface area contributed by atoms with E-state index in [0.29, 0.717) is 10.7 Å². The number of amides is 1. The number of carboxylic acid groups (broad SMARTS) is 1. The lowest BCUT2D eigenvalue weighted by atomic mass is 10.0. The summed E-state index contributed by atoms with van der Waals surface area (Å²) in [7, 11) is 0. The summed E-state index contributed by atoms with van der Waals surface area (Å²) in [6.45, 7) is 2.89. The van der Waals surface area contributed by atoms with Crippen LogP contribution in [0.25, 0.3) is 6.08 Å². The molecular formula is C14H13NO4S2. The lowest BCUT2D eigenvalue weighted by molar-refractivity contribution is -0.150. The summed E-state index contributed by atoms with van der Waals surface area (Å²) in [6.07, 6.45) is 6.52. The second-order valence-corrected chi connectivity index (χ2v) is 6.45. The third-order valence-electron chi connectivity index (χ3n) is 2.93. The van der Waals surface area contributed by atoms with E-state index in [-0.39, 0.29) is 4.32 Å². The molecule has 0 radical (unpaired) electrons. The van der Waals surface area contributed by atoms with E-state index in [0.717, 1.165) is 16.7 Å². The number of hydrogen-bond acceptors (Lipinski definition) is 5. The van der Waals surface area contributed by atoms with Crippen LogP contribution in [0.5, 0.6) is 0 Å². The maximum Gasteiger partial charge on any atom is 0.329 e. The normalized spacial score (nSPS) is 18.2. The summed E-state index contributed by atoms with van der Waals surface area (Å²) < 4.78 is 5.37. The Labute approximate surface area is 131 Å². The van der Waals surface area contributed by atoms with Gasteiger partial charge in [-0.3, -0.25) is 9.69 Å². The first-order chi connectivity index (χ1) is 9.84. The molecular weight excluding hydrogens is 310 g/mol. The van der Waals surface area contributed by atoms with Crippen LogP contribution in [0.1, 0.15) is 19.6 Å². The number of carboxylic acids is 1. The van der Waals surface area contributed by atoms with Gasteiger partial charge in [0.05, 0.1) is 11.2 Å². The third-order valence-corrected chi connectivity index (χ3v) is 4.25. The van der Waals surface area contributed by atoms with E-state index in [2.05, 4.69) is 0 Å². The van der Waals surface area contributed by atoms with Gasteiger partial charge in [-0.15, -0.1) is 0 Å². The fraction of sp³-hybridized carbons (Fsp3) is 0.214. The second-order valence-electron chi connectivity index (χ2n) is 4.78. The molecule has 1 aromatic heterocycles. The summed E-state index contributed by atoms with van der Waals surface area (Å²) in [6, 6.07) is 3.54. The highest BCUT2D eigenvalue weighted by Gasteiger charge is 2.45. The molecule has 0 saturated carbocycles. The Morgan fingerprint density at radius 3 is 2.81 bits per heavy atom. The number of carbonyl (C=O) groups is 2. The number of allylic oxidation sites excluding steroid dienone is 2. The SMILES string of the molecule is CC(C)(C(=O)O)N1C(=O)/C(=C\C=C\c2ccco2)SC1=S. The standard InChI is InChI=1S/C14H13NO4S2/c1-14(2,12(17)18)15-11(16)10(21-13(15)20)7-3-5-9-6-4-8-19-9/h3-8H,1-2H3,(H,17,18)/b5-3+,10-7+. The van der Waals surface area contributed by atoms with E-state index in [1.807, 2.05) is 0 Å². The summed E-state index contributed by atoms with van der Waals surface area (Å²) in [5.74, 6) is -0.847. The number of aliphatic carboxylic acids is 1. The minimum atomic E-state index is -1.37. The van der Waals surface area contributed by atoms with Crippen molar-refractivity contribution in [2.24, 2.45) is 0 Å². The Hall–Kier alpha value is -1.86. The molecule has 0 aromatic carbocycles. The largest absolute Gasteiger partial charge is 0.480 e. The zero-order valence-corrected chi connectivity index (χ0v) is 13.0. The van der Waals surface area contributed by atoms with Gasteiger partial charge in [0.25, 0.3) is 5.91 Å². The number of rotatable bonds is 4. The average Bonchev–Trinajstić information content (AvgIpc) is 2.98. The highest BCUT2D eigenvalue weighted by Crippen LogP contribution is 2.36. The van der Waals surface area contributed by atoms with E-state index in [1.54, 1.807) is 36.6 Å². The number of thiocarbonyl (C=S) groups is 1. The van der Waals surface area contributed by atoms with Crippen LogP contribution in [-0.4, -0.2) is 31.7 Å². The van der Waals surface area contributed by atoms with Crippen molar-refractivity contribution in [3.05, 3.63) is 41.2 Å². The molecule has 5 nitrogen and oxygen atoms in total. The average molecular weight is 323 g/mol. The first-order valence-corrected chi connectivity index (χ1v) is 7.28. The van der Waals surface area contributed by atoms with Crippen molar-refractivity contribution in [3.8, 4) is 0 Å². The van der Waals surface area contributed by atoms with Crippen molar-refractivity contribution in [2.45, 2.75) is 19.4 Å². The summed E-state index contributed by atoms with van der Waals surface area (Å²) in [4.78, 5) is 25.1. The fourth-order valence-corrected chi connectivity index (χ4v) is 3.17. The topological polar surface area (TPSA) is 70.8 Å². The molecule has 1 aliphatic heterocycles. The maximum absolute atomic E-state index is 12.3. The van der Waals surface area contributed by atoms with Gasteiger partial charge in [0.15, 0.2) is 0 Å². The van der Waals surface area contributed by atoms with Gasteiger partial charge in [0.1, 0.15) is 15.6 Å². The van der Waals surface area contributed by atoms with Crippen LogP contribution in [0.3, 0.4) is 0 Å². The molecule has 0 bridgehead atoms. The first-order valence-electron chi connectivity index (χ1n) is 6.05. The predicted molar refractivity (Wildman–Crippen MR) is 84.6 cm³/mol. The predicted octanol–water partition coefficient (Wildman–Crippen LogP) is 2.90. The van der Waals surface area contributed by atoms with Gasteiger partial charge >= 0.3 is 5.97 Å². The van der Waals surface area contributed by atoms with E-state index in [4.69, 9.17) is 16.6 Å². The van der Waals surface area contributed by atoms with Crippen molar-refractivity contribution in [1.29, 1.82) is 0 Å². The van der Waals surface area contributed by atoms with Crippen molar-refractivity contribution < 1.29 is 19.1 Å². The molecule has 1 aliphatic rings. The number of carbonyl (C=O) groups excluding carboxylic acids is 1. The van der Waals surface area contributed by atoms with Crippen LogP contribution in [0.4, 0.5) is 0 Å². The highest BCUT2D eigenvalue weighted by molar-refractivity contribution is 8.26. The van der Waals surface area contributed by atoms with Crippen molar-refractivity contribution in [3.63, 3.8) is 0 Å². The third kappa shape index (κ3) is 3.08. The first kappa shape index (κ1) is 15.5. The molecule has 0 aliphatic carbocycles. The molecule has 110 valence electrons. The van der Waals surface area contributed by atoms with E-state index < -0.39 is 17.4 Å². The van der Waals surface area contributed by atoms with Crippen molar-refractivity contribution in [1.82, 2.24) is 4.90 Å². The molecule has 0 unspecified atom stereocenters. The zero-order chi connectivity index (χ0) is 15.6. The molecule has 1 saturated heterocycles. The van der Waals surface area contributed by atoms with Crippen LogP contribution >= 0.6 is 24.0 Å². The maximum atomic E-state index is 12.3. The Kier molecular flexibility index (Phi) is 4.34. The number of hydrogen-bond donors (Lipinski definition) is 1. The van der Waals surface area contributed by atoms with Crippen LogP contribution in [0.15, 0.2) is 39.9 Å². The monoisotopic (exact) mass is 323 g/mol. The molecule has 1 fully saturated rings. The van der Waals surface area contributed by atoms with Gasteiger partial charge in [-0.05, 0) is 38.1 Å². The smallest absolute Gasteiger partial charge is 0.329 e. The van der Waals surface area contributed by atoms with Gasteiger partial charge in [0, 0.05) is 0 Å². The molecule has 0 atom stereocenters. The molecule has 2 rings (SSSR count). The minimum Gasteiger partial charge on any atom is -0.480 e. The second kappa shape index (κ2) is 5.87. The quantitative estimate of drug-likeness (QED) is 0.678. The number of thioether (sulfide) groups is 1. The summed E-state index contributed by atoms with van der Waals surface area (Å²) >= 11 is 6.20. The molecule has 1 aromatic rings. The van der Waals surface area contributed by atoms with Crippen LogP contribution in [-0.2, 0) is 9.59 Å². The Morgan fingerprint density at radius 2 is 2.24 bits per heavy atom. The van der Waals surface area contributed by atoms with Gasteiger partial charge in [0.2, 0.25) is 0 Å². The Bertz CT molecular complexity index is 644. The van der Waals surface area contributed by atoms with Gasteiger partial charge in [-0.1, -0.05) is 30.1 Å². The van der Waals surface area contributed by atoms with Crippen molar-refractivity contribution in [2.75, 3.05) is 0 Å². The zero-order valence-electron chi connectivity index (χ0n) is 11.4. The van der Waals surface area contributed by atoms with Crippen molar-refractivity contribution >= 4 is 46.3 Å². The molecule has 21 heavy (non-hydrogen) atoms. The molecule has 0 spiro atoms. The lowest BCUT2D eigenvalue weighted by Gasteiger charge is -2.29. The number of furan rings is 1. The Morgan fingerprint density at radius 1 is 1.52 bits per heavy atom. The molecule has 1 N–H and O–H groups in total. The molecule has 7 heteroatoms. The van der Waals surface area contributed by atoms with Gasteiger partial charge in [-0.25, -0.2) is 4.79 Å². The van der Waals surface area contributed by atoms with Crippen LogP contribution in [0, 0.1) is 0 Å². The van der Waals surface area contributed by atoms with E-state index in [1.165, 1.54) is 13.8 Å². The van der Waals surface area contributed by atoms with E-state index in [9.17, 15) is 14.7 Å². The summed E-state index contributed by atoms with van der Waals surface area (Å²) in [5.41, 5.74) is -1.37. The number of nitrogens with zero attached hydrogens (tertiary/aromatic N) is 1. The van der Waals surface area contributed by atoms with E-state index >= 15 is 0 Å². The fourth-order valence-electron chi connectivity index (χ4n) is 1.68. The molecule has 2 heterocycles. The summed E-state index contributed by atoms with van der Waals surface area (Å²) in [5, 5.41) is 9.22. The molecule has 1 amide bonds. The van der Waals surface area contributed by atoms with Gasteiger partial charge in [-0.2, -0.15) is 0 Å². The van der Waals surface area contributed by atoms with Crippen LogP contribution < -0.4 is 0 Å². The highest BCUT2D eigenvalue weighted by atomic mass is 32.2.